The van der Waals surface area contributed by atoms with Crippen LogP contribution < -0.4 is 5.32 Å². The van der Waals surface area contributed by atoms with E-state index in [0.29, 0.717) is 17.7 Å². The van der Waals surface area contributed by atoms with Gasteiger partial charge in [0.2, 0.25) is 0 Å². The van der Waals surface area contributed by atoms with Crippen molar-refractivity contribution in [1.29, 1.82) is 0 Å². The zero-order chi connectivity index (χ0) is 21.3. The minimum absolute atomic E-state index is 0.0273. The van der Waals surface area contributed by atoms with Gasteiger partial charge in [-0.1, -0.05) is 54.1 Å². The van der Waals surface area contributed by atoms with Crippen molar-refractivity contribution < 1.29 is 21.8 Å². The first-order valence-electron chi connectivity index (χ1n) is 9.48. The molecular weight excluding hydrogens is 405 g/mol. The molecule has 7 heteroatoms. The summed E-state index contributed by atoms with van der Waals surface area (Å²) in [6.07, 6.45) is -0.999. The molecule has 3 aromatic rings. The number of anilines is 1. The molecule has 0 unspecified atom stereocenters. The van der Waals surface area contributed by atoms with Gasteiger partial charge in [0.1, 0.15) is 5.82 Å². The molecule has 1 amide bonds. The topological polar surface area (TPSA) is 72.5 Å². The van der Waals surface area contributed by atoms with Crippen molar-refractivity contribution in [1.82, 2.24) is 0 Å². The number of carbonyl (C=O) groups is 1. The van der Waals surface area contributed by atoms with Crippen LogP contribution in [0.4, 0.5) is 10.1 Å². The number of rotatable bonds is 4. The summed E-state index contributed by atoms with van der Waals surface area (Å²) in [5.74, 6) is -1.70. The predicted molar refractivity (Wildman–Crippen MR) is 111 cm³/mol. The monoisotopic (exact) mass is 425 g/mol. The van der Waals surface area contributed by atoms with Gasteiger partial charge in [0.05, 0.1) is 4.90 Å². The third kappa shape index (κ3) is 4.13. The second-order valence-corrected chi connectivity index (χ2v) is 8.87. The van der Waals surface area contributed by atoms with Gasteiger partial charge in [0.15, 0.2) is 6.10 Å². The van der Waals surface area contributed by atoms with Crippen LogP contribution in [0.25, 0.3) is 0 Å². The molecule has 5 nitrogen and oxygen atoms in total. The van der Waals surface area contributed by atoms with Crippen LogP contribution in [0, 0.1) is 12.7 Å². The zero-order valence-electron chi connectivity index (χ0n) is 16.2. The Kier molecular flexibility index (Phi) is 5.40. The van der Waals surface area contributed by atoms with E-state index in [0.717, 1.165) is 11.1 Å². The van der Waals surface area contributed by atoms with Gasteiger partial charge in [-0.15, -0.1) is 0 Å². The van der Waals surface area contributed by atoms with Crippen LogP contribution in [0.15, 0.2) is 77.7 Å². The van der Waals surface area contributed by atoms with Crippen LogP contribution in [-0.4, -0.2) is 20.4 Å². The second kappa shape index (κ2) is 8.01. The smallest absolute Gasteiger partial charge is 0.297 e. The fourth-order valence-electron chi connectivity index (χ4n) is 3.57. The summed E-state index contributed by atoms with van der Waals surface area (Å²) in [5, 5.41) is 2.63. The van der Waals surface area contributed by atoms with Gasteiger partial charge < -0.3 is 5.32 Å². The molecule has 0 fully saturated rings. The maximum atomic E-state index is 13.7. The zero-order valence-corrected chi connectivity index (χ0v) is 17.0. The number of carbonyl (C=O) groups excluding carboxylic acids is 1. The van der Waals surface area contributed by atoms with Crippen molar-refractivity contribution in [2.24, 2.45) is 0 Å². The van der Waals surface area contributed by atoms with Crippen LogP contribution in [0.3, 0.4) is 0 Å². The molecular formula is C23H20FNO4S. The Labute approximate surface area is 174 Å². The lowest BCUT2D eigenvalue weighted by molar-refractivity contribution is -0.123. The Bertz CT molecular complexity index is 1180. The number of benzene rings is 3. The molecule has 0 bridgehead atoms. The van der Waals surface area contributed by atoms with E-state index in [1.165, 1.54) is 24.3 Å². The molecule has 0 aliphatic carbocycles. The van der Waals surface area contributed by atoms with Crippen LogP contribution in [0.5, 0.6) is 0 Å². The first kappa shape index (κ1) is 20.3. The van der Waals surface area contributed by atoms with E-state index in [2.05, 4.69) is 5.32 Å². The average molecular weight is 425 g/mol. The maximum absolute atomic E-state index is 13.7. The molecule has 30 heavy (non-hydrogen) atoms. The number of fused-ring (bicyclic) bond motifs is 1. The molecule has 1 aliphatic rings. The molecule has 3 aromatic carbocycles. The molecule has 1 N–H and O–H groups in total. The number of halogens is 1. The SMILES string of the molecule is Cc1ccc(S(=O)(=O)O[C@H]2C(=O)Nc3cc(F)ccc3C[C@@H]2c2ccccc2)cc1. The van der Waals surface area contributed by atoms with Gasteiger partial charge in [-0.25, -0.2) is 4.39 Å². The first-order valence-corrected chi connectivity index (χ1v) is 10.9. The van der Waals surface area contributed by atoms with E-state index >= 15 is 0 Å². The highest BCUT2D eigenvalue weighted by molar-refractivity contribution is 7.86. The van der Waals surface area contributed by atoms with Gasteiger partial charge in [-0.05, 0) is 48.7 Å². The number of hydrogen-bond donors (Lipinski definition) is 1. The average Bonchev–Trinajstić information content (AvgIpc) is 2.85. The molecule has 0 saturated heterocycles. The Morgan fingerprint density at radius 1 is 1.00 bits per heavy atom. The molecule has 0 spiro atoms. The Morgan fingerprint density at radius 2 is 1.70 bits per heavy atom. The molecule has 0 radical (unpaired) electrons. The highest BCUT2D eigenvalue weighted by Gasteiger charge is 2.38. The number of aryl methyl sites for hydroxylation is 1. The van der Waals surface area contributed by atoms with Crippen LogP contribution in [0.1, 0.15) is 22.6 Å². The number of nitrogens with one attached hydrogen (secondary N) is 1. The van der Waals surface area contributed by atoms with E-state index in [4.69, 9.17) is 4.18 Å². The van der Waals surface area contributed by atoms with Crippen molar-refractivity contribution in [3.63, 3.8) is 0 Å². The number of hydrogen-bond acceptors (Lipinski definition) is 4. The summed E-state index contributed by atoms with van der Waals surface area (Å²) in [6, 6.07) is 19.5. The van der Waals surface area contributed by atoms with Gasteiger partial charge >= 0.3 is 0 Å². The lowest BCUT2D eigenvalue weighted by Gasteiger charge is -2.24. The third-order valence-electron chi connectivity index (χ3n) is 5.16. The van der Waals surface area contributed by atoms with Gasteiger partial charge in [0, 0.05) is 11.6 Å². The fourth-order valence-corrected chi connectivity index (χ4v) is 4.65. The van der Waals surface area contributed by atoms with E-state index in [9.17, 15) is 17.6 Å². The van der Waals surface area contributed by atoms with E-state index in [-0.39, 0.29) is 4.90 Å². The van der Waals surface area contributed by atoms with Crippen LogP contribution in [0.2, 0.25) is 0 Å². The lowest BCUT2D eigenvalue weighted by atomic mass is 9.88. The van der Waals surface area contributed by atoms with E-state index < -0.39 is 33.9 Å². The molecule has 2 atom stereocenters. The van der Waals surface area contributed by atoms with Gasteiger partial charge in [-0.2, -0.15) is 8.42 Å². The molecule has 0 saturated carbocycles. The molecule has 1 aliphatic heterocycles. The number of amides is 1. The van der Waals surface area contributed by atoms with Crippen molar-refractivity contribution in [3.05, 3.63) is 95.3 Å². The van der Waals surface area contributed by atoms with E-state index in [1.54, 1.807) is 18.2 Å². The molecule has 4 rings (SSSR count). The summed E-state index contributed by atoms with van der Waals surface area (Å²) in [6.45, 7) is 1.85. The molecule has 154 valence electrons. The van der Waals surface area contributed by atoms with E-state index in [1.807, 2.05) is 37.3 Å². The summed E-state index contributed by atoms with van der Waals surface area (Å²) < 4.78 is 45.0. The summed E-state index contributed by atoms with van der Waals surface area (Å²) in [7, 11) is -4.20. The minimum Gasteiger partial charge on any atom is -0.323 e. The normalized spacial score (nSPS) is 18.9. The standard InChI is InChI=1S/C23H20FNO4S/c1-15-7-11-19(12-8-15)30(27,28)29-22-20(16-5-3-2-4-6-16)13-17-9-10-18(24)14-21(17)25-23(22)26/h2-12,14,20,22H,13H2,1H3,(H,25,26)/t20-,22-/m1/s1. The molecule has 0 aromatic heterocycles. The van der Waals surface area contributed by atoms with Crippen molar-refractivity contribution in [2.45, 2.75) is 30.3 Å². The minimum atomic E-state index is -4.20. The quantitative estimate of drug-likeness (QED) is 0.637. The van der Waals surface area contributed by atoms with Gasteiger partial charge in [-0.3, -0.25) is 8.98 Å². The van der Waals surface area contributed by atoms with Crippen LogP contribution in [-0.2, 0) is 25.5 Å². The summed E-state index contributed by atoms with van der Waals surface area (Å²) in [4.78, 5) is 13.0. The third-order valence-corrected chi connectivity index (χ3v) is 6.47. The first-order chi connectivity index (χ1) is 14.3. The second-order valence-electron chi connectivity index (χ2n) is 7.30. The lowest BCUT2D eigenvalue weighted by Crippen LogP contribution is -2.36. The van der Waals surface area contributed by atoms with Crippen molar-refractivity contribution in [3.8, 4) is 0 Å². The Morgan fingerprint density at radius 3 is 2.40 bits per heavy atom. The van der Waals surface area contributed by atoms with Crippen LogP contribution >= 0.6 is 0 Å². The molecule has 1 heterocycles. The highest BCUT2D eigenvalue weighted by Crippen LogP contribution is 2.35. The summed E-state index contributed by atoms with van der Waals surface area (Å²) >= 11 is 0. The van der Waals surface area contributed by atoms with Crippen molar-refractivity contribution in [2.75, 3.05) is 5.32 Å². The predicted octanol–water partition coefficient (Wildman–Crippen LogP) is 4.19. The maximum Gasteiger partial charge on any atom is 0.297 e. The fraction of sp³-hybridized carbons (Fsp3) is 0.174. The van der Waals surface area contributed by atoms with Gasteiger partial charge in [0.25, 0.3) is 16.0 Å². The largest absolute Gasteiger partial charge is 0.323 e. The Balaban J connectivity index is 1.75. The highest BCUT2D eigenvalue weighted by atomic mass is 32.2. The Hall–Kier alpha value is -3.03. The summed E-state index contributed by atoms with van der Waals surface area (Å²) in [5.41, 5.74) is 2.69. The van der Waals surface area contributed by atoms with Crippen molar-refractivity contribution >= 4 is 21.7 Å².